The Hall–Kier alpha value is -3.41. The van der Waals surface area contributed by atoms with E-state index in [1.165, 1.54) is 16.2 Å². The topological polar surface area (TPSA) is 150 Å². The number of hydrogen-bond donors (Lipinski definition) is 1. The number of amides is 1. The zero-order chi connectivity index (χ0) is 23.4. The molecule has 0 saturated heterocycles. The Balaban J connectivity index is 0.000000861. The minimum Gasteiger partial charge on any atom is -0.466 e. The zero-order valence-electron chi connectivity index (χ0n) is 17.2. The molecule has 2 N–H and O–H groups in total. The number of anilines is 1. The van der Waals surface area contributed by atoms with Gasteiger partial charge in [0.1, 0.15) is 35.0 Å². The molecule has 2 heterocycles. The van der Waals surface area contributed by atoms with Gasteiger partial charge in [0.05, 0.1) is 17.9 Å². The van der Waals surface area contributed by atoms with E-state index in [1.54, 1.807) is 33.2 Å². The molecule has 0 bridgehead atoms. The standard InChI is InChI=1S/C17H14N4O3S2.C3H7NO/c1-2-24-14(23)6-10(22)9-26-17-12(8-19)15(13-4-3-5-25-13)11(7-18)16(20)21-17;1-4(2)3-5/h3-5H,2,6,9H2,1H3,(H2,20,21);3H,1-2H3. The van der Waals surface area contributed by atoms with Gasteiger partial charge >= 0.3 is 5.97 Å². The monoisotopic (exact) mass is 459 g/mol. The molecule has 31 heavy (non-hydrogen) atoms. The smallest absolute Gasteiger partial charge is 0.313 e. The predicted octanol–water partition coefficient (Wildman–Crippen LogP) is 2.45. The number of nitrogens with zero attached hydrogens (tertiary/aromatic N) is 4. The number of thiophene rings is 1. The molecule has 162 valence electrons. The van der Waals surface area contributed by atoms with Crippen molar-refractivity contribution < 1.29 is 19.1 Å². The van der Waals surface area contributed by atoms with Crippen LogP contribution in [0.25, 0.3) is 10.4 Å². The van der Waals surface area contributed by atoms with E-state index in [4.69, 9.17) is 10.5 Å². The van der Waals surface area contributed by atoms with Crippen LogP contribution in [-0.4, -0.2) is 54.5 Å². The Morgan fingerprint density at radius 2 is 1.97 bits per heavy atom. The second-order valence-electron chi connectivity index (χ2n) is 6.01. The molecule has 0 aliphatic heterocycles. The fraction of sp³-hybridized carbons (Fsp3) is 0.300. The number of Topliss-reactive ketones (excluding diaryl/α,β-unsaturated/α-hetero) is 1. The van der Waals surface area contributed by atoms with Crippen molar-refractivity contribution in [1.82, 2.24) is 9.88 Å². The van der Waals surface area contributed by atoms with Gasteiger partial charge in [-0.3, -0.25) is 14.4 Å². The van der Waals surface area contributed by atoms with Crippen LogP contribution in [-0.2, 0) is 19.1 Å². The normalized spacial score (nSPS) is 9.45. The molecule has 1 amide bonds. The van der Waals surface area contributed by atoms with E-state index >= 15 is 0 Å². The van der Waals surface area contributed by atoms with E-state index < -0.39 is 5.97 Å². The molecule has 2 aromatic heterocycles. The highest BCUT2D eigenvalue weighted by molar-refractivity contribution is 8.00. The van der Waals surface area contributed by atoms with E-state index in [-0.39, 0.29) is 46.5 Å². The molecule has 0 saturated carbocycles. The van der Waals surface area contributed by atoms with Crippen LogP contribution >= 0.6 is 23.1 Å². The van der Waals surface area contributed by atoms with Crippen molar-refractivity contribution in [2.24, 2.45) is 0 Å². The van der Waals surface area contributed by atoms with Gasteiger partial charge in [0.25, 0.3) is 0 Å². The van der Waals surface area contributed by atoms with Crippen LogP contribution < -0.4 is 5.73 Å². The van der Waals surface area contributed by atoms with Crippen molar-refractivity contribution in [3.05, 3.63) is 28.6 Å². The summed E-state index contributed by atoms with van der Waals surface area (Å²) in [5.41, 5.74) is 6.61. The number of hydrogen-bond acceptors (Lipinski definition) is 10. The molecule has 0 fully saturated rings. The lowest BCUT2D eigenvalue weighted by Gasteiger charge is -2.11. The number of nitrogens with two attached hydrogens (primary N) is 1. The largest absolute Gasteiger partial charge is 0.466 e. The molecule has 0 aliphatic carbocycles. The van der Waals surface area contributed by atoms with Crippen molar-refractivity contribution in [3.63, 3.8) is 0 Å². The first-order valence-corrected chi connectivity index (χ1v) is 10.7. The molecule has 2 aromatic rings. The average Bonchev–Trinajstić information content (AvgIpc) is 3.26. The number of carbonyl (C=O) groups excluding carboxylic acids is 3. The van der Waals surface area contributed by atoms with Crippen LogP contribution in [0.3, 0.4) is 0 Å². The third kappa shape index (κ3) is 7.74. The number of rotatable bonds is 8. The summed E-state index contributed by atoms with van der Waals surface area (Å²) in [5, 5.41) is 21.0. The summed E-state index contributed by atoms with van der Waals surface area (Å²) >= 11 is 2.38. The quantitative estimate of drug-likeness (QED) is 0.272. The Morgan fingerprint density at radius 3 is 2.45 bits per heavy atom. The van der Waals surface area contributed by atoms with E-state index in [0.29, 0.717) is 10.4 Å². The summed E-state index contributed by atoms with van der Waals surface area (Å²) in [5.74, 6) is -1.00. The first-order chi connectivity index (χ1) is 14.8. The van der Waals surface area contributed by atoms with E-state index in [0.717, 1.165) is 18.2 Å². The SMILES string of the molecule is CCOC(=O)CC(=O)CSc1nc(N)c(C#N)c(-c2cccs2)c1C#N.CN(C)C=O. The molecule has 2 rings (SSSR count). The van der Waals surface area contributed by atoms with Gasteiger partial charge < -0.3 is 15.4 Å². The molecule has 0 spiro atoms. The van der Waals surface area contributed by atoms with Crippen molar-refractivity contribution in [1.29, 1.82) is 10.5 Å². The lowest BCUT2D eigenvalue weighted by molar-refractivity contribution is -0.145. The highest BCUT2D eigenvalue weighted by atomic mass is 32.2. The number of carbonyl (C=O) groups is 3. The zero-order valence-corrected chi connectivity index (χ0v) is 18.9. The fourth-order valence-electron chi connectivity index (χ4n) is 2.14. The van der Waals surface area contributed by atoms with E-state index in [2.05, 4.69) is 11.1 Å². The van der Waals surface area contributed by atoms with Gasteiger partial charge in [0.15, 0.2) is 5.78 Å². The van der Waals surface area contributed by atoms with Crippen molar-refractivity contribution >= 4 is 47.1 Å². The van der Waals surface area contributed by atoms with Crippen LogP contribution in [0, 0.1) is 22.7 Å². The van der Waals surface area contributed by atoms with Crippen molar-refractivity contribution in [2.45, 2.75) is 18.4 Å². The first kappa shape index (κ1) is 25.6. The van der Waals surface area contributed by atoms with Crippen LogP contribution in [0.1, 0.15) is 24.5 Å². The third-order valence-corrected chi connectivity index (χ3v) is 5.33. The Kier molecular flexibility index (Phi) is 10.8. The molecule has 0 atom stereocenters. The maximum absolute atomic E-state index is 11.9. The fourth-order valence-corrected chi connectivity index (χ4v) is 3.78. The van der Waals surface area contributed by atoms with Crippen LogP contribution in [0.2, 0.25) is 0 Å². The van der Waals surface area contributed by atoms with Gasteiger partial charge in [-0.25, -0.2) is 4.98 Å². The Labute approximate surface area is 188 Å². The maximum Gasteiger partial charge on any atom is 0.313 e. The highest BCUT2D eigenvalue weighted by Gasteiger charge is 2.22. The van der Waals surface area contributed by atoms with Gasteiger partial charge in [-0.1, -0.05) is 17.8 Å². The summed E-state index contributed by atoms with van der Waals surface area (Å²) in [6, 6.07) is 7.62. The maximum atomic E-state index is 11.9. The molecule has 0 aromatic carbocycles. The van der Waals surface area contributed by atoms with Gasteiger partial charge in [0.2, 0.25) is 6.41 Å². The minimum atomic E-state index is -0.592. The van der Waals surface area contributed by atoms with Crippen molar-refractivity contribution in [3.8, 4) is 22.6 Å². The molecule has 0 unspecified atom stereocenters. The lowest BCUT2D eigenvalue weighted by Crippen LogP contribution is -2.13. The molecular weight excluding hydrogens is 438 g/mol. The number of nitriles is 2. The van der Waals surface area contributed by atoms with E-state index in [1.807, 2.05) is 11.4 Å². The van der Waals surface area contributed by atoms with Gasteiger partial charge in [-0.05, 0) is 18.4 Å². The Bertz CT molecular complexity index is 1010. The number of ketones is 1. The molecular formula is C20H21N5O4S2. The van der Waals surface area contributed by atoms with Crippen LogP contribution in [0.15, 0.2) is 22.5 Å². The summed E-state index contributed by atoms with van der Waals surface area (Å²) in [6.45, 7) is 1.86. The lowest BCUT2D eigenvalue weighted by atomic mass is 10.0. The molecule has 11 heteroatoms. The predicted molar refractivity (Wildman–Crippen MR) is 118 cm³/mol. The summed E-state index contributed by atoms with van der Waals surface area (Å²) in [7, 11) is 3.38. The summed E-state index contributed by atoms with van der Waals surface area (Å²) < 4.78 is 4.74. The molecule has 9 nitrogen and oxygen atoms in total. The number of aromatic nitrogens is 1. The summed E-state index contributed by atoms with van der Waals surface area (Å²) in [4.78, 5) is 39.0. The average molecular weight is 460 g/mol. The summed E-state index contributed by atoms with van der Waals surface area (Å²) in [6.07, 6.45) is 0.409. The second-order valence-corrected chi connectivity index (χ2v) is 7.92. The van der Waals surface area contributed by atoms with Gasteiger partial charge in [0, 0.05) is 24.5 Å². The third-order valence-electron chi connectivity index (χ3n) is 3.41. The number of ether oxygens (including phenoxy) is 1. The van der Waals surface area contributed by atoms with Crippen LogP contribution in [0.5, 0.6) is 0 Å². The highest BCUT2D eigenvalue weighted by Crippen LogP contribution is 2.37. The molecule has 0 radical (unpaired) electrons. The number of esters is 1. The first-order valence-electron chi connectivity index (χ1n) is 8.88. The second kappa shape index (κ2) is 13.0. The van der Waals surface area contributed by atoms with Crippen molar-refractivity contribution in [2.75, 3.05) is 32.2 Å². The van der Waals surface area contributed by atoms with Crippen LogP contribution in [0.4, 0.5) is 5.82 Å². The molecule has 0 aliphatic rings. The Morgan fingerprint density at radius 1 is 1.32 bits per heavy atom. The minimum absolute atomic E-state index is 0.00441. The van der Waals surface area contributed by atoms with Gasteiger partial charge in [-0.15, -0.1) is 11.3 Å². The number of nitrogen functional groups attached to an aromatic ring is 1. The number of thioether (sulfide) groups is 1. The van der Waals surface area contributed by atoms with E-state index in [9.17, 15) is 24.9 Å². The van der Waals surface area contributed by atoms with Gasteiger partial charge in [-0.2, -0.15) is 10.5 Å². The number of pyridine rings is 1.